The van der Waals surface area contributed by atoms with Gasteiger partial charge >= 0.3 is 0 Å². The first-order chi connectivity index (χ1) is 9.40. The third-order valence-corrected chi connectivity index (χ3v) is 4.45. The Kier molecular flexibility index (Phi) is 3.84. The Bertz CT molecular complexity index is 535. The fourth-order valence-electron chi connectivity index (χ4n) is 3.56. The van der Waals surface area contributed by atoms with Crippen LogP contribution in [0.2, 0.25) is 0 Å². The van der Waals surface area contributed by atoms with Crippen LogP contribution in [-0.2, 0) is 0 Å². The maximum absolute atomic E-state index is 3.73. The summed E-state index contributed by atoms with van der Waals surface area (Å²) in [5.74, 6) is 0.811. The molecule has 1 saturated carbocycles. The second-order valence-corrected chi connectivity index (χ2v) is 5.65. The lowest BCUT2D eigenvalue weighted by atomic mass is 9.88. The number of hydrogen-bond donors (Lipinski definition) is 1. The predicted molar refractivity (Wildman–Crippen MR) is 82.3 cm³/mol. The first-order valence-electron chi connectivity index (χ1n) is 7.61. The molecule has 0 heterocycles. The van der Waals surface area contributed by atoms with Crippen molar-refractivity contribution in [2.24, 2.45) is 5.92 Å². The Balaban J connectivity index is 2.03. The molecule has 1 fully saturated rings. The lowest BCUT2D eigenvalue weighted by Gasteiger charge is -2.26. The molecule has 0 bridgehead atoms. The number of rotatable bonds is 4. The minimum atomic E-state index is 0.526. The zero-order chi connectivity index (χ0) is 13.1. The van der Waals surface area contributed by atoms with Crippen LogP contribution in [0.25, 0.3) is 10.8 Å². The van der Waals surface area contributed by atoms with Gasteiger partial charge in [-0.2, -0.15) is 0 Å². The Morgan fingerprint density at radius 1 is 1.05 bits per heavy atom. The average molecular weight is 253 g/mol. The molecule has 1 unspecified atom stereocenters. The predicted octanol–water partition coefficient (Wildman–Crippen LogP) is 4.68. The molecule has 0 aliphatic heterocycles. The van der Waals surface area contributed by atoms with Crippen LogP contribution in [0.1, 0.15) is 44.2 Å². The van der Waals surface area contributed by atoms with Gasteiger partial charge in [0.15, 0.2) is 0 Å². The second-order valence-electron chi connectivity index (χ2n) is 5.65. The Labute approximate surface area is 116 Å². The van der Waals surface area contributed by atoms with Crippen molar-refractivity contribution in [1.29, 1.82) is 0 Å². The van der Waals surface area contributed by atoms with Crippen molar-refractivity contribution in [3.8, 4) is 0 Å². The van der Waals surface area contributed by atoms with E-state index >= 15 is 0 Å². The maximum atomic E-state index is 3.73. The highest BCUT2D eigenvalue weighted by molar-refractivity contribution is 5.86. The summed E-state index contributed by atoms with van der Waals surface area (Å²) in [6.45, 7) is 3.26. The third kappa shape index (κ3) is 2.52. The lowest BCUT2D eigenvalue weighted by Crippen LogP contribution is -2.27. The largest absolute Gasteiger partial charge is 0.310 e. The van der Waals surface area contributed by atoms with E-state index in [1.54, 1.807) is 0 Å². The van der Waals surface area contributed by atoms with Gasteiger partial charge in [0.1, 0.15) is 0 Å². The van der Waals surface area contributed by atoms with Crippen molar-refractivity contribution >= 4 is 10.8 Å². The highest BCUT2D eigenvalue weighted by Gasteiger charge is 2.26. The van der Waals surface area contributed by atoms with Gasteiger partial charge in [-0.1, -0.05) is 62.2 Å². The standard InChI is InChI=1S/C18H23N/c1-2-19-18(15-9-3-4-10-15)17-13-7-11-14-8-5-6-12-16(14)17/h5-8,11-13,15,18-19H,2-4,9-10H2,1H3. The van der Waals surface area contributed by atoms with Gasteiger partial charge in [0.05, 0.1) is 0 Å². The van der Waals surface area contributed by atoms with Gasteiger partial charge in [0.25, 0.3) is 0 Å². The molecular weight excluding hydrogens is 230 g/mol. The summed E-state index contributed by atoms with van der Waals surface area (Å²) in [4.78, 5) is 0. The van der Waals surface area contributed by atoms with Gasteiger partial charge in [-0.3, -0.25) is 0 Å². The molecule has 0 radical (unpaired) electrons. The first kappa shape index (κ1) is 12.7. The lowest BCUT2D eigenvalue weighted by molar-refractivity contribution is 0.376. The molecule has 1 N–H and O–H groups in total. The van der Waals surface area contributed by atoms with E-state index in [2.05, 4.69) is 54.7 Å². The number of hydrogen-bond acceptors (Lipinski definition) is 1. The number of benzene rings is 2. The quantitative estimate of drug-likeness (QED) is 0.834. The minimum absolute atomic E-state index is 0.526. The summed E-state index contributed by atoms with van der Waals surface area (Å²) < 4.78 is 0. The molecule has 2 aromatic carbocycles. The minimum Gasteiger partial charge on any atom is -0.310 e. The fraction of sp³-hybridized carbons (Fsp3) is 0.444. The molecule has 1 heteroatoms. The van der Waals surface area contributed by atoms with Crippen LogP contribution >= 0.6 is 0 Å². The van der Waals surface area contributed by atoms with Crippen LogP contribution in [0.15, 0.2) is 42.5 Å². The Morgan fingerprint density at radius 3 is 2.58 bits per heavy atom. The van der Waals surface area contributed by atoms with Crippen molar-refractivity contribution in [2.45, 2.75) is 38.6 Å². The average Bonchev–Trinajstić information content (AvgIpc) is 2.98. The van der Waals surface area contributed by atoms with Crippen molar-refractivity contribution < 1.29 is 0 Å². The van der Waals surface area contributed by atoms with Gasteiger partial charge in [-0.25, -0.2) is 0 Å². The molecule has 0 spiro atoms. The highest BCUT2D eigenvalue weighted by Crippen LogP contribution is 2.38. The van der Waals surface area contributed by atoms with Crippen LogP contribution in [0.5, 0.6) is 0 Å². The van der Waals surface area contributed by atoms with E-state index in [4.69, 9.17) is 0 Å². The second kappa shape index (κ2) is 5.75. The van der Waals surface area contributed by atoms with Crippen LogP contribution in [0, 0.1) is 5.92 Å². The zero-order valence-corrected chi connectivity index (χ0v) is 11.7. The molecule has 3 rings (SSSR count). The van der Waals surface area contributed by atoms with E-state index in [1.165, 1.54) is 42.0 Å². The summed E-state index contributed by atoms with van der Waals surface area (Å²) in [5, 5.41) is 6.51. The summed E-state index contributed by atoms with van der Waals surface area (Å²) in [5.41, 5.74) is 1.49. The molecular formula is C18H23N. The topological polar surface area (TPSA) is 12.0 Å². The van der Waals surface area contributed by atoms with Gasteiger partial charge in [-0.05, 0) is 41.6 Å². The van der Waals surface area contributed by atoms with Gasteiger partial charge < -0.3 is 5.32 Å². The van der Waals surface area contributed by atoms with Crippen molar-refractivity contribution in [3.05, 3.63) is 48.0 Å². The van der Waals surface area contributed by atoms with Crippen molar-refractivity contribution in [2.75, 3.05) is 6.54 Å². The maximum Gasteiger partial charge on any atom is 0.0354 e. The molecule has 1 atom stereocenters. The van der Waals surface area contributed by atoms with E-state index < -0.39 is 0 Å². The van der Waals surface area contributed by atoms with Crippen molar-refractivity contribution in [1.82, 2.24) is 5.32 Å². The molecule has 0 saturated heterocycles. The monoisotopic (exact) mass is 253 g/mol. The molecule has 2 aromatic rings. The van der Waals surface area contributed by atoms with Gasteiger partial charge in [-0.15, -0.1) is 0 Å². The number of nitrogens with one attached hydrogen (secondary N) is 1. The normalized spacial score (nSPS) is 17.9. The summed E-state index contributed by atoms with van der Waals surface area (Å²) in [6.07, 6.45) is 5.55. The first-order valence-corrected chi connectivity index (χ1v) is 7.61. The van der Waals surface area contributed by atoms with Crippen LogP contribution in [0.4, 0.5) is 0 Å². The van der Waals surface area contributed by atoms with E-state index in [0.717, 1.165) is 12.5 Å². The molecule has 1 nitrogen and oxygen atoms in total. The van der Waals surface area contributed by atoms with E-state index in [-0.39, 0.29) is 0 Å². The zero-order valence-electron chi connectivity index (χ0n) is 11.7. The summed E-state index contributed by atoms with van der Waals surface area (Å²) in [7, 11) is 0. The van der Waals surface area contributed by atoms with Crippen molar-refractivity contribution in [3.63, 3.8) is 0 Å². The van der Waals surface area contributed by atoms with E-state index in [1.807, 2.05) is 0 Å². The summed E-state index contributed by atoms with van der Waals surface area (Å²) >= 11 is 0. The van der Waals surface area contributed by atoms with Crippen LogP contribution in [0.3, 0.4) is 0 Å². The fourth-order valence-corrected chi connectivity index (χ4v) is 3.56. The summed E-state index contributed by atoms with van der Waals surface area (Å²) in [6, 6.07) is 16.0. The Hall–Kier alpha value is -1.34. The molecule has 1 aliphatic carbocycles. The molecule has 0 aromatic heterocycles. The third-order valence-electron chi connectivity index (χ3n) is 4.45. The highest BCUT2D eigenvalue weighted by atomic mass is 14.9. The van der Waals surface area contributed by atoms with E-state index in [0.29, 0.717) is 6.04 Å². The molecule has 100 valence electrons. The van der Waals surface area contributed by atoms with E-state index in [9.17, 15) is 0 Å². The Morgan fingerprint density at radius 2 is 1.79 bits per heavy atom. The van der Waals surface area contributed by atoms with Gasteiger partial charge in [0.2, 0.25) is 0 Å². The van der Waals surface area contributed by atoms with Crippen LogP contribution in [-0.4, -0.2) is 6.54 Å². The molecule has 1 aliphatic rings. The number of fused-ring (bicyclic) bond motifs is 1. The van der Waals surface area contributed by atoms with Gasteiger partial charge in [0, 0.05) is 6.04 Å². The molecule has 0 amide bonds. The van der Waals surface area contributed by atoms with Crippen LogP contribution < -0.4 is 5.32 Å². The SMILES string of the molecule is CCNC(c1cccc2ccccc12)C1CCCC1. The smallest absolute Gasteiger partial charge is 0.0354 e. The molecule has 19 heavy (non-hydrogen) atoms.